The first-order valence-corrected chi connectivity index (χ1v) is 10.7. The third-order valence-corrected chi connectivity index (χ3v) is 5.67. The van der Waals surface area contributed by atoms with Gasteiger partial charge in [0.2, 0.25) is 0 Å². The average Bonchev–Trinajstić information content (AvgIpc) is 3.50. The number of aryl methyl sites for hydroxylation is 1. The number of hydrogen-bond acceptors (Lipinski definition) is 5. The van der Waals surface area contributed by atoms with E-state index in [0.717, 1.165) is 27.8 Å². The molecule has 0 saturated carbocycles. The van der Waals surface area contributed by atoms with Crippen molar-refractivity contribution in [2.75, 3.05) is 11.9 Å². The van der Waals surface area contributed by atoms with Crippen LogP contribution in [-0.4, -0.2) is 42.3 Å². The van der Waals surface area contributed by atoms with Crippen molar-refractivity contribution < 1.29 is 5.11 Å². The number of aliphatic hydroxyl groups excluding tert-OH is 1. The highest BCUT2D eigenvalue weighted by Crippen LogP contribution is 2.28. The Morgan fingerprint density at radius 2 is 2.03 bits per heavy atom. The van der Waals surface area contributed by atoms with Crippen molar-refractivity contribution in [3.63, 3.8) is 0 Å². The largest absolute Gasteiger partial charge is 0.394 e. The number of aromatic amines is 2. The van der Waals surface area contributed by atoms with Gasteiger partial charge in [-0.05, 0) is 42.7 Å². The van der Waals surface area contributed by atoms with Gasteiger partial charge in [-0.1, -0.05) is 30.3 Å². The molecule has 33 heavy (non-hydrogen) atoms. The minimum Gasteiger partial charge on any atom is -0.394 e. The number of benzene rings is 2. The summed E-state index contributed by atoms with van der Waals surface area (Å²) in [5, 5.41) is 13.3. The van der Waals surface area contributed by atoms with Crippen molar-refractivity contribution in [3.8, 4) is 17.1 Å². The normalized spacial score (nSPS) is 12.2. The molecule has 0 aliphatic carbocycles. The quantitative estimate of drug-likeness (QED) is 0.310. The highest BCUT2D eigenvalue weighted by atomic mass is 16.3. The van der Waals surface area contributed by atoms with Crippen LogP contribution in [0.2, 0.25) is 0 Å². The SMILES string of the molecule is Cc1cc(-n2ccnc2)cc2[nH]c(-c3c(NC(CO)Cc4ccccc4)cc[nH]c3=O)nc12. The van der Waals surface area contributed by atoms with Gasteiger partial charge >= 0.3 is 0 Å². The number of nitrogens with zero attached hydrogens (tertiary/aromatic N) is 3. The summed E-state index contributed by atoms with van der Waals surface area (Å²) in [4.78, 5) is 27.8. The zero-order valence-electron chi connectivity index (χ0n) is 18.1. The fourth-order valence-electron chi connectivity index (χ4n) is 4.06. The second-order valence-corrected chi connectivity index (χ2v) is 8.02. The molecule has 166 valence electrons. The fourth-order valence-corrected chi connectivity index (χ4v) is 4.06. The maximum absolute atomic E-state index is 12.9. The molecule has 0 fully saturated rings. The second kappa shape index (κ2) is 8.76. The Morgan fingerprint density at radius 3 is 2.79 bits per heavy atom. The molecule has 0 saturated heterocycles. The van der Waals surface area contributed by atoms with Crippen molar-refractivity contribution in [2.45, 2.75) is 19.4 Å². The molecular formula is C25H24N6O2. The van der Waals surface area contributed by atoms with E-state index in [1.54, 1.807) is 24.8 Å². The van der Waals surface area contributed by atoms with Crippen molar-refractivity contribution in [1.82, 2.24) is 24.5 Å². The minimum atomic E-state index is -0.261. The first-order chi connectivity index (χ1) is 16.1. The van der Waals surface area contributed by atoms with Crippen LogP contribution in [0, 0.1) is 6.92 Å². The van der Waals surface area contributed by atoms with Crippen LogP contribution in [0.5, 0.6) is 0 Å². The van der Waals surface area contributed by atoms with E-state index >= 15 is 0 Å². The molecule has 1 unspecified atom stereocenters. The average molecular weight is 441 g/mol. The molecule has 0 amide bonds. The number of hydrogen-bond donors (Lipinski definition) is 4. The van der Waals surface area contributed by atoms with E-state index in [4.69, 9.17) is 4.98 Å². The molecular weight excluding hydrogens is 416 g/mol. The predicted octanol–water partition coefficient (Wildman–Crippen LogP) is 3.43. The zero-order chi connectivity index (χ0) is 22.8. The summed E-state index contributed by atoms with van der Waals surface area (Å²) in [6.45, 7) is 1.91. The van der Waals surface area contributed by atoms with Gasteiger partial charge in [-0.25, -0.2) is 9.97 Å². The highest BCUT2D eigenvalue weighted by molar-refractivity contribution is 5.86. The Hall–Kier alpha value is -4.17. The van der Waals surface area contributed by atoms with Crippen LogP contribution in [0.15, 0.2) is 78.2 Å². The molecule has 1 atom stereocenters. The molecule has 4 N–H and O–H groups in total. The van der Waals surface area contributed by atoms with E-state index in [1.807, 2.05) is 60.2 Å². The Labute approximate surface area is 190 Å². The summed E-state index contributed by atoms with van der Waals surface area (Å²) in [7, 11) is 0. The number of nitrogens with one attached hydrogen (secondary N) is 3. The zero-order valence-corrected chi connectivity index (χ0v) is 18.1. The van der Waals surface area contributed by atoms with E-state index < -0.39 is 0 Å². The summed E-state index contributed by atoms with van der Waals surface area (Å²) >= 11 is 0. The number of aromatic nitrogens is 5. The number of fused-ring (bicyclic) bond motifs is 1. The second-order valence-electron chi connectivity index (χ2n) is 8.02. The molecule has 8 heteroatoms. The van der Waals surface area contributed by atoms with Gasteiger partial charge in [0.15, 0.2) is 0 Å². The highest BCUT2D eigenvalue weighted by Gasteiger charge is 2.18. The monoisotopic (exact) mass is 440 g/mol. The van der Waals surface area contributed by atoms with Gasteiger partial charge in [-0.2, -0.15) is 0 Å². The summed E-state index contributed by atoms with van der Waals surface area (Å²) in [5.74, 6) is 0.469. The number of rotatable bonds is 7. The van der Waals surface area contributed by atoms with Crippen molar-refractivity contribution in [3.05, 3.63) is 94.9 Å². The summed E-state index contributed by atoms with van der Waals surface area (Å²) in [6, 6.07) is 15.5. The van der Waals surface area contributed by atoms with Gasteiger partial charge in [-0.3, -0.25) is 4.79 Å². The first kappa shape index (κ1) is 20.7. The lowest BCUT2D eigenvalue weighted by Gasteiger charge is -2.19. The van der Waals surface area contributed by atoms with E-state index in [-0.39, 0.29) is 18.2 Å². The number of imidazole rings is 2. The van der Waals surface area contributed by atoms with Crippen LogP contribution in [0.1, 0.15) is 11.1 Å². The Balaban J connectivity index is 1.53. The Bertz CT molecular complexity index is 1440. The third kappa shape index (κ3) is 4.16. The van der Waals surface area contributed by atoms with Crippen LogP contribution in [-0.2, 0) is 6.42 Å². The van der Waals surface area contributed by atoms with Crippen LogP contribution in [0.3, 0.4) is 0 Å². The molecule has 5 rings (SSSR count). The van der Waals surface area contributed by atoms with Crippen LogP contribution < -0.4 is 10.9 Å². The first-order valence-electron chi connectivity index (χ1n) is 10.7. The smallest absolute Gasteiger partial charge is 0.261 e. The topological polar surface area (TPSA) is 112 Å². The van der Waals surface area contributed by atoms with Crippen LogP contribution >= 0.6 is 0 Å². The molecule has 2 aromatic carbocycles. The molecule has 0 spiro atoms. The van der Waals surface area contributed by atoms with Crippen molar-refractivity contribution >= 4 is 16.7 Å². The lowest BCUT2D eigenvalue weighted by Crippen LogP contribution is -2.28. The number of anilines is 1. The van der Waals surface area contributed by atoms with Gasteiger partial charge in [0, 0.05) is 24.3 Å². The van der Waals surface area contributed by atoms with Gasteiger partial charge in [0.25, 0.3) is 5.56 Å². The van der Waals surface area contributed by atoms with Gasteiger partial charge < -0.3 is 25.0 Å². The molecule has 0 aliphatic heterocycles. The van der Waals surface area contributed by atoms with Crippen LogP contribution in [0.4, 0.5) is 5.69 Å². The molecule has 5 aromatic rings. The maximum atomic E-state index is 12.9. The molecule has 0 aliphatic rings. The standard InChI is InChI=1S/C25H24N6O2/c1-16-11-19(31-10-9-26-15-31)13-21-23(16)30-24(29-21)22-20(7-8-27-25(22)33)28-18(14-32)12-17-5-3-2-4-6-17/h2-11,13,15,18,32H,12,14H2,1H3,(H,29,30)(H2,27,28,33). The maximum Gasteiger partial charge on any atom is 0.261 e. The minimum absolute atomic E-state index is 0.0748. The summed E-state index contributed by atoms with van der Waals surface area (Å²) < 4.78 is 1.92. The molecule has 0 bridgehead atoms. The van der Waals surface area contributed by atoms with E-state index in [1.165, 1.54) is 0 Å². The summed E-state index contributed by atoms with van der Waals surface area (Å²) in [5.41, 5.74) is 5.42. The van der Waals surface area contributed by atoms with E-state index in [0.29, 0.717) is 23.5 Å². The van der Waals surface area contributed by atoms with Gasteiger partial charge in [0.05, 0.1) is 35.7 Å². The Morgan fingerprint density at radius 1 is 1.18 bits per heavy atom. The van der Waals surface area contributed by atoms with E-state index in [9.17, 15) is 9.90 Å². The lowest BCUT2D eigenvalue weighted by molar-refractivity contribution is 0.274. The predicted molar refractivity (Wildman–Crippen MR) is 129 cm³/mol. The van der Waals surface area contributed by atoms with Gasteiger partial charge in [-0.15, -0.1) is 0 Å². The van der Waals surface area contributed by atoms with Crippen LogP contribution in [0.25, 0.3) is 28.1 Å². The number of aliphatic hydroxyl groups is 1. The summed E-state index contributed by atoms with van der Waals surface area (Å²) in [6.07, 6.45) is 7.56. The van der Waals surface area contributed by atoms with E-state index in [2.05, 4.69) is 20.3 Å². The molecule has 0 radical (unpaired) electrons. The fraction of sp³-hybridized carbons (Fsp3) is 0.160. The number of H-pyrrole nitrogens is 2. The van der Waals surface area contributed by atoms with Gasteiger partial charge in [0.1, 0.15) is 11.4 Å². The van der Waals surface area contributed by atoms with Crippen molar-refractivity contribution in [1.29, 1.82) is 0 Å². The number of pyridine rings is 1. The molecule has 3 aromatic heterocycles. The molecule has 3 heterocycles. The molecule has 8 nitrogen and oxygen atoms in total. The Kier molecular flexibility index (Phi) is 5.50. The lowest BCUT2D eigenvalue weighted by atomic mass is 10.1. The van der Waals surface area contributed by atoms with Crippen molar-refractivity contribution in [2.24, 2.45) is 0 Å². The third-order valence-electron chi connectivity index (χ3n) is 5.67.